The molecule has 7 aromatic rings. The minimum Gasteiger partial charge on any atom is -0.287 e. The van der Waals surface area contributed by atoms with E-state index in [1.807, 2.05) is 56.3 Å². The van der Waals surface area contributed by atoms with Gasteiger partial charge in [-0.3, -0.25) is 4.79 Å². The molecule has 23 heteroatoms. The highest BCUT2D eigenvalue weighted by atomic mass is 19.2. The van der Waals surface area contributed by atoms with Crippen molar-refractivity contribution in [1.82, 2.24) is 0 Å². The molecule has 0 bridgehead atoms. The topological polar surface area (TPSA) is 20.9 Å². The normalized spacial score (nSPS) is 11.7. The van der Waals surface area contributed by atoms with Gasteiger partial charge in [-0.15, -0.1) is 21.9 Å². The minimum atomic E-state index is -7.22. The third-order valence-corrected chi connectivity index (χ3v) is 10.6. The van der Waals surface area contributed by atoms with Gasteiger partial charge in [0.05, 0.1) is 0 Å². The number of aromatic nitrogens is 1. The summed E-state index contributed by atoms with van der Waals surface area (Å²) < 4.78 is 296. The molecule has 0 aliphatic heterocycles. The molecule has 0 unspecified atom stereocenters. The van der Waals surface area contributed by atoms with Crippen LogP contribution in [0, 0.1) is 122 Å². The zero-order valence-electron chi connectivity index (χ0n) is 33.1. The van der Waals surface area contributed by atoms with Crippen LogP contribution in [0.5, 0.6) is 0 Å². The van der Waals surface area contributed by atoms with E-state index in [1.54, 1.807) is 0 Å². The van der Waals surface area contributed by atoms with Crippen molar-refractivity contribution in [2.24, 2.45) is 5.92 Å². The van der Waals surface area contributed by atoms with Crippen LogP contribution in [0.2, 0.25) is 0 Å². The Kier molecular flexibility index (Phi) is 13.6. The molecular formula is C44H20BF20NO. The molecule has 2 nitrogen and oxygen atoms in total. The maximum Gasteiger partial charge on any atom is 0.249 e. The first-order valence-electron chi connectivity index (χ1n) is 18.6. The summed E-state index contributed by atoms with van der Waals surface area (Å²) in [5.74, 6) is -71.2. The summed E-state index contributed by atoms with van der Waals surface area (Å²) in [5.41, 5.74) is -11.3. The first kappa shape index (κ1) is 49.5. The third-order valence-electron chi connectivity index (χ3n) is 10.6. The summed E-state index contributed by atoms with van der Waals surface area (Å²) >= 11 is 0. The van der Waals surface area contributed by atoms with Crippen LogP contribution in [-0.2, 0) is 6.54 Å². The van der Waals surface area contributed by atoms with Gasteiger partial charge in [0.2, 0.25) is 17.0 Å². The summed E-state index contributed by atoms with van der Waals surface area (Å²) in [6.07, 6.45) is -7.22. The molecule has 0 radical (unpaired) electrons. The van der Waals surface area contributed by atoms with E-state index in [4.69, 9.17) is 0 Å². The molecule has 350 valence electrons. The van der Waals surface area contributed by atoms with Crippen LogP contribution < -0.4 is 26.4 Å². The number of hydrogen-bond acceptors (Lipinski definition) is 1. The van der Waals surface area contributed by atoms with E-state index in [9.17, 15) is 57.5 Å². The smallest absolute Gasteiger partial charge is 0.249 e. The quantitative estimate of drug-likeness (QED) is 0.0372. The van der Waals surface area contributed by atoms with Crippen molar-refractivity contribution in [3.63, 3.8) is 0 Å². The van der Waals surface area contributed by atoms with Crippen LogP contribution in [0.15, 0.2) is 66.7 Å². The zero-order valence-corrected chi connectivity index (χ0v) is 33.1. The van der Waals surface area contributed by atoms with Gasteiger partial charge in [0.15, 0.2) is 76.4 Å². The predicted octanol–water partition coefficient (Wildman–Crippen LogP) is 9.86. The maximum absolute atomic E-state index is 15.4. The molecule has 0 aliphatic carbocycles. The fraction of sp³-hybridized carbons (Fsp3) is 0.0909. The largest absolute Gasteiger partial charge is 0.287 e. The van der Waals surface area contributed by atoms with Crippen LogP contribution in [0.3, 0.4) is 0 Å². The van der Waals surface area contributed by atoms with Crippen LogP contribution in [0.4, 0.5) is 87.8 Å². The van der Waals surface area contributed by atoms with Crippen molar-refractivity contribution in [2.75, 3.05) is 0 Å². The number of Topliss-reactive ketones (excluding diaryl/α,β-unsaturated/α-hetero) is 1. The highest BCUT2D eigenvalue weighted by Gasteiger charge is 2.52. The monoisotopic (exact) mass is 969 g/mol. The second kappa shape index (κ2) is 18.4. The number of ketones is 1. The molecule has 0 amide bonds. The Morgan fingerprint density at radius 1 is 0.388 bits per heavy atom. The molecular weight excluding hydrogens is 949 g/mol. The van der Waals surface area contributed by atoms with E-state index < -0.39 is 144 Å². The third kappa shape index (κ3) is 7.80. The van der Waals surface area contributed by atoms with Crippen LogP contribution >= 0.6 is 0 Å². The van der Waals surface area contributed by atoms with E-state index in [-0.39, 0.29) is 11.7 Å². The maximum atomic E-state index is 15.4. The fourth-order valence-electron chi connectivity index (χ4n) is 7.58. The highest BCUT2D eigenvalue weighted by Crippen LogP contribution is 2.31. The number of pyridine rings is 1. The lowest BCUT2D eigenvalue weighted by Gasteiger charge is -2.44. The van der Waals surface area contributed by atoms with E-state index in [1.165, 1.54) is 5.56 Å². The number of benzene rings is 6. The number of rotatable bonds is 8. The van der Waals surface area contributed by atoms with Gasteiger partial charge in [0.1, 0.15) is 52.7 Å². The van der Waals surface area contributed by atoms with Crippen molar-refractivity contribution in [2.45, 2.75) is 20.4 Å². The number of carbonyl (C=O) groups is 1. The van der Waals surface area contributed by atoms with E-state index >= 15 is 35.1 Å². The summed E-state index contributed by atoms with van der Waals surface area (Å²) in [7, 11) is 0. The molecule has 0 spiro atoms. The lowest BCUT2D eigenvalue weighted by molar-refractivity contribution is -0.664. The fourth-order valence-corrected chi connectivity index (χ4v) is 7.58. The van der Waals surface area contributed by atoms with Crippen LogP contribution in [0.1, 0.15) is 29.9 Å². The van der Waals surface area contributed by atoms with Gasteiger partial charge in [-0.25, -0.2) is 87.8 Å². The van der Waals surface area contributed by atoms with E-state index in [0.717, 1.165) is 16.6 Å². The highest BCUT2D eigenvalue weighted by molar-refractivity contribution is 7.20. The predicted molar refractivity (Wildman–Crippen MR) is 198 cm³/mol. The van der Waals surface area contributed by atoms with Crippen molar-refractivity contribution < 1.29 is 97.2 Å². The Labute approximate surface area is 362 Å². The molecule has 1 aromatic heterocycles. The van der Waals surface area contributed by atoms with Gasteiger partial charge in [0, 0.05) is 29.0 Å². The molecule has 1 heterocycles. The molecule has 6 aromatic carbocycles. The van der Waals surface area contributed by atoms with Crippen molar-refractivity contribution >= 4 is 44.7 Å². The Hall–Kier alpha value is -6.94. The SMILES string of the molecule is CC(C)C(=O)c1ccc2ccccc2[n+]1Cc1ccccc1.Fc1c(F)c(F)c([B-](c2c(F)c(F)c(F)c(F)c2F)(c2c(F)c(F)c(F)c(F)c2F)c2c(F)c(F)c(F)c(F)c2F)c(F)c1F. The second-order valence-electron chi connectivity index (χ2n) is 14.7. The Bertz CT molecular complexity index is 2780. The van der Waals surface area contributed by atoms with Crippen molar-refractivity contribution in [3.05, 3.63) is 194 Å². The number of para-hydroxylation sites is 1. The average Bonchev–Trinajstić information content (AvgIpc) is 3.31. The summed E-state index contributed by atoms with van der Waals surface area (Å²) in [6.45, 7) is 4.60. The number of nitrogens with zero attached hydrogens (tertiary/aromatic N) is 1. The van der Waals surface area contributed by atoms with Gasteiger partial charge in [0.25, 0.3) is 0 Å². The van der Waals surface area contributed by atoms with Gasteiger partial charge in [-0.2, -0.15) is 4.57 Å². The van der Waals surface area contributed by atoms with Crippen LogP contribution in [0.25, 0.3) is 10.9 Å². The van der Waals surface area contributed by atoms with Crippen molar-refractivity contribution in [1.29, 1.82) is 0 Å². The molecule has 67 heavy (non-hydrogen) atoms. The molecule has 0 saturated carbocycles. The Morgan fingerprint density at radius 2 is 0.672 bits per heavy atom. The number of halogens is 20. The zero-order chi connectivity index (χ0) is 49.9. The number of fused-ring (bicyclic) bond motifs is 1. The van der Waals surface area contributed by atoms with Gasteiger partial charge in [-0.05, 0) is 12.1 Å². The minimum absolute atomic E-state index is 0.0109. The Balaban J connectivity index is 0.000000279. The molecule has 0 N–H and O–H groups in total. The average molecular weight is 969 g/mol. The lowest BCUT2D eigenvalue weighted by Crippen LogP contribution is -2.81. The molecule has 0 fully saturated rings. The van der Waals surface area contributed by atoms with Gasteiger partial charge < -0.3 is 0 Å². The summed E-state index contributed by atoms with van der Waals surface area (Å²) in [4.78, 5) is 12.6. The summed E-state index contributed by atoms with van der Waals surface area (Å²) in [5, 5.41) is 1.15. The van der Waals surface area contributed by atoms with Crippen molar-refractivity contribution in [3.8, 4) is 0 Å². The van der Waals surface area contributed by atoms with E-state index in [2.05, 4.69) is 28.8 Å². The lowest BCUT2D eigenvalue weighted by atomic mass is 9.12. The second-order valence-corrected chi connectivity index (χ2v) is 14.7. The molecule has 0 atom stereocenters. The Morgan fingerprint density at radius 3 is 0.985 bits per heavy atom. The molecule has 0 aliphatic rings. The standard InChI is InChI=1S/C24BF20.C20H20NO/c26-5-1(6(27)14(35)21(42)13(5)34)25(2-7(28)15(36)22(43)16(37)8(2)29,3-9(30)17(38)23(44)18(39)10(3)31)4-11(32)19(40)24(45)20(41)12(4)33;1-15(2)20(22)19-13-12-17-10-6-7-11-18(17)21(19)14-16-8-4-3-5-9-16/h;3-13,15H,14H2,1-2H3/q-1;+1. The molecule has 0 saturated heterocycles. The van der Waals surface area contributed by atoms with E-state index in [0.29, 0.717) is 6.54 Å². The molecule has 7 rings (SSSR count). The summed E-state index contributed by atoms with van der Waals surface area (Å²) in [6, 6.07) is 22.5. The number of carbonyl (C=O) groups excluding carboxylic acids is 1. The first-order valence-corrected chi connectivity index (χ1v) is 18.6. The van der Waals surface area contributed by atoms with Crippen LogP contribution in [-0.4, -0.2) is 11.9 Å². The first-order chi connectivity index (χ1) is 31.4. The van der Waals surface area contributed by atoms with Gasteiger partial charge >= 0.3 is 0 Å². The van der Waals surface area contributed by atoms with Gasteiger partial charge in [-0.1, -0.05) is 56.3 Å². The number of hydrogen-bond donors (Lipinski definition) is 0.